The highest BCUT2D eigenvalue weighted by atomic mass is 16.1. The summed E-state index contributed by atoms with van der Waals surface area (Å²) >= 11 is 0. The van der Waals surface area contributed by atoms with Crippen molar-refractivity contribution in [2.24, 2.45) is 5.73 Å². The van der Waals surface area contributed by atoms with Gasteiger partial charge in [0, 0.05) is 5.57 Å². The zero-order valence-electron chi connectivity index (χ0n) is 16.1. The third-order valence-corrected chi connectivity index (χ3v) is 5.07. The summed E-state index contributed by atoms with van der Waals surface area (Å²) in [5.41, 5.74) is 14.4. The van der Waals surface area contributed by atoms with Crippen LogP contribution in [0.5, 0.6) is 0 Å². The van der Waals surface area contributed by atoms with Gasteiger partial charge in [-0.25, -0.2) is 0 Å². The van der Waals surface area contributed by atoms with Crippen molar-refractivity contribution in [1.29, 1.82) is 0 Å². The molecule has 0 heterocycles. The van der Waals surface area contributed by atoms with Crippen LogP contribution in [-0.4, -0.2) is 5.91 Å². The molecule has 1 aromatic rings. The summed E-state index contributed by atoms with van der Waals surface area (Å²) in [6, 6.07) is 4.57. The van der Waals surface area contributed by atoms with Gasteiger partial charge < -0.3 is 5.73 Å². The predicted molar refractivity (Wildman–Crippen MR) is 107 cm³/mol. The van der Waals surface area contributed by atoms with Gasteiger partial charge in [-0.3, -0.25) is 4.79 Å². The van der Waals surface area contributed by atoms with Crippen LogP contribution in [0.2, 0.25) is 0 Å². The Balaban J connectivity index is 2.60. The van der Waals surface area contributed by atoms with Crippen molar-refractivity contribution in [1.82, 2.24) is 0 Å². The number of amides is 1. The first-order valence-corrected chi connectivity index (χ1v) is 9.47. The lowest BCUT2D eigenvalue weighted by Crippen LogP contribution is -2.11. The molecule has 0 saturated heterocycles. The molecular formula is C23H31NO. The van der Waals surface area contributed by atoms with Crippen molar-refractivity contribution in [3.05, 3.63) is 63.8 Å². The van der Waals surface area contributed by atoms with Crippen LogP contribution >= 0.6 is 0 Å². The number of hydrogen-bond donors (Lipinski definition) is 1. The second-order valence-electron chi connectivity index (χ2n) is 7.01. The minimum Gasteiger partial charge on any atom is -0.366 e. The van der Waals surface area contributed by atoms with Gasteiger partial charge in [0.2, 0.25) is 5.91 Å². The number of nitrogens with two attached hydrogens (primary N) is 1. The number of benzene rings is 1. The zero-order valence-corrected chi connectivity index (χ0v) is 16.1. The molecule has 0 aromatic heterocycles. The fourth-order valence-corrected chi connectivity index (χ4v) is 3.43. The van der Waals surface area contributed by atoms with E-state index in [9.17, 15) is 4.79 Å². The molecule has 1 aliphatic rings. The number of hydrogen-bond acceptors (Lipinski definition) is 1. The summed E-state index contributed by atoms with van der Waals surface area (Å²) in [5.74, 6) is -0.366. The molecule has 25 heavy (non-hydrogen) atoms. The lowest BCUT2D eigenvalue weighted by molar-refractivity contribution is -0.114. The van der Waals surface area contributed by atoms with Crippen LogP contribution in [0.4, 0.5) is 0 Å². The molecule has 2 nitrogen and oxygen atoms in total. The van der Waals surface area contributed by atoms with Crippen molar-refractivity contribution in [2.45, 2.75) is 66.2 Å². The van der Waals surface area contributed by atoms with Crippen molar-refractivity contribution in [3.63, 3.8) is 0 Å². The standard InChI is InChI=1S/C23H31NO/c1-5-8-22-20-10-7-9-18(20)13-14-21(22)19(15-16(3)6-2)12-11-17(4)23(24)25/h11-15H,5-10H2,1-4H3,(H2,24,25)/b16-15+,17-11+,19-12+. The highest BCUT2D eigenvalue weighted by Crippen LogP contribution is 2.33. The van der Waals surface area contributed by atoms with Gasteiger partial charge >= 0.3 is 0 Å². The number of carbonyl (C=O) groups excluding carboxylic acids is 1. The molecule has 1 amide bonds. The average Bonchev–Trinajstić information content (AvgIpc) is 3.07. The quantitative estimate of drug-likeness (QED) is 0.532. The first-order chi connectivity index (χ1) is 12.0. The largest absolute Gasteiger partial charge is 0.366 e. The molecule has 0 bridgehead atoms. The molecule has 0 saturated carbocycles. The van der Waals surface area contributed by atoms with Crippen molar-refractivity contribution >= 4 is 11.5 Å². The highest BCUT2D eigenvalue weighted by Gasteiger charge is 2.18. The monoisotopic (exact) mass is 337 g/mol. The van der Waals surface area contributed by atoms with E-state index in [2.05, 4.69) is 45.1 Å². The molecular weight excluding hydrogens is 306 g/mol. The van der Waals surface area contributed by atoms with Gasteiger partial charge in [-0.05, 0) is 73.8 Å². The molecule has 134 valence electrons. The Morgan fingerprint density at radius 2 is 1.92 bits per heavy atom. The Kier molecular flexibility index (Phi) is 6.81. The van der Waals surface area contributed by atoms with E-state index in [0.29, 0.717) is 5.57 Å². The van der Waals surface area contributed by atoms with Crippen LogP contribution in [0, 0.1) is 0 Å². The van der Waals surface area contributed by atoms with Gasteiger partial charge in [0.15, 0.2) is 0 Å². The van der Waals surface area contributed by atoms with E-state index in [1.807, 2.05) is 6.08 Å². The lowest BCUT2D eigenvalue weighted by Gasteiger charge is -2.16. The smallest absolute Gasteiger partial charge is 0.244 e. The number of allylic oxidation sites excluding steroid dienone is 5. The topological polar surface area (TPSA) is 43.1 Å². The minimum atomic E-state index is -0.366. The second kappa shape index (κ2) is 8.84. The third kappa shape index (κ3) is 4.72. The molecule has 0 aliphatic heterocycles. The fourth-order valence-electron chi connectivity index (χ4n) is 3.43. The van der Waals surface area contributed by atoms with Crippen LogP contribution in [0.25, 0.3) is 5.57 Å². The number of aryl methyl sites for hydroxylation is 1. The van der Waals surface area contributed by atoms with Crippen molar-refractivity contribution in [2.75, 3.05) is 0 Å². The van der Waals surface area contributed by atoms with E-state index in [4.69, 9.17) is 5.73 Å². The fraction of sp³-hybridized carbons (Fsp3) is 0.435. The summed E-state index contributed by atoms with van der Waals surface area (Å²) in [4.78, 5) is 11.4. The Labute approximate surface area is 152 Å². The van der Waals surface area contributed by atoms with Crippen LogP contribution in [0.15, 0.2) is 41.5 Å². The normalized spacial score (nSPS) is 15.4. The maximum absolute atomic E-state index is 11.4. The molecule has 0 fully saturated rings. The maximum Gasteiger partial charge on any atom is 0.244 e. The van der Waals surface area contributed by atoms with Crippen LogP contribution < -0.4 is 5.73 Å². The molecule has 1 aliphatic carbocycles. The van der Waals surface area contributed by atoms with Crippen LogP contribution in [0.1, 0.15) is 69.2 Å². The number of primary amides is 1. The van der Waals surface area contributed by atoms with Gasteiger partial charge in [0.1, 0.15) is 0 Å². The SMILES string of the molecule is CCCc1c(C(/C=C(\C)CC)=C/C=C(\C)C(N)=O)ccc2c1CCC2. The first kappa shape index (κ1) is 19.2. The highest BCUT2D eigenvalue weighted by molar-refractivity contribution is 5.92. The van der Waals surface area contributed by atoms with E-state index < -0.39 is 0 Å². The Hall–Kier alpha value is -2.09. The lowest BCUT2D eigenvalue weighted by atomic mass is 9.89. The molecule has 0 radical (unpaired) electrons. The Morgan fingerprint density at radius 1 is 1.16 bits per heavy atom. The summed E-state index contributed by atoms with van der Waals surface area (Å²) in [6.07, 6.45) is 13.1. The van der Waals surface area contributed by atoms with Crippen LogP contribution in [-0.2, 0) is 24.1 Å². The van der Waals surface area contributed by atoms with Gasteiger partial charge in [-0.1, -0.05) is 56.2 Å². The maximum atomic E-state index is 11.4. The molecule has 2 N–H and O–H groups in total. The third-order valence-electron chi connectivity index (χ3n) is 5.07. The molecule has 0 spiro atoms. The molecule has 2 rings (SSSR count). The van der Waals surface area contributed by atoms with E-state index in [0.717, 1.165) is 19.3 Å². The first-order valence-electron chi connectivity index (χ1n) is 9.47. The minimum absolute atomic E-state index is 0.366. The van der Waals surface area contributed by atoms with E-state index in [1.54, 1.807) is 12.5 Å². The summed E-state index contributed by atoms with van der Waals surface area (Å²) in [6.45, 7) is 8.34. The van der Waals surface area contributed by atoms with E-state index in [-0.39, 0.29) is 5.91 Å². The van der Waals surface area contributed by atoms with Gasteiger partial charge in [-0.15, -0.1) is 0 Å². The van der Waals surface area contributed by atoms with E-state index in [1.165, 1.54) is 47.1 Å². The molecule has 2 heteroatoms. The van der Waals surface area contributed by atoms with Crippen LogP contribution in [0.3, 0.4) is 0 Å². The number of fused-ring (bicyclic) bond motifs is 1. The summed E-state index contributed by atoms with van der Waals surface area (Å²) in [7, 11) is 0. The Bertz CT molecular complexity index is 735. The summed E-state index contributed by atoms with van der Waals surface area (Å²) < 4.78 is 0. The van der Waals surface area contributed by atoms with Gasteiger partial charge in [0.25, 0.3) is 0 Å². The van der Waals surface area contributed by atoms with Crippen molar-refractivity contribution < 1.29 is 4.79 Å². The van der Waals surface area contributed by atoms with E-state index >= 15 is 0 Å². The summed E-state index contributed by atoms with van der Waals surface area (Å²) in [5, 5.41) is 0. The predicted octanol–water partition coefficient (Wildman–Crippen LogP) is 5.30. The molecule has 0 unspecified atom stereocenters. The molecule has 0 atom stereocenters. The second-order valence-corrected chi connectivity index (χ2v) is 7.01. The van der Waals surface area contributed by atoms with Gasteiger partial charge in [0.05, 0.1) is 0 Å². The molecule has 1 aromatic carbocycles. The Morgan fingerprint density at radius 3 is 2.56 bits per heavy atom. The zero-order chi connectivity index (χ0) is 18.4. The number of carbonyl (C=O) groups is 1. The van der Waals surface area contributed by atoms with Crippen molar-refractivity contribution in [3.8, 4) is 0 Å². The number of rotatable bonds is 7. The average molecular weight is 338 g/mol. The van der Waals surface area contributed by atoms with Gasteiger partial charge in [-0.2, -0.15) is 0 Å².